The Morgan fingerprint density at radius 2 is 1.19 bits per heavy atom. The van der Waals surface area contributed by atoms with Gasteiger partial charge in [0.05, 0.1) is 53.2 Å². The number of benzene rings is 4. The number of carboxylic acids is 1. The smallest absolute Gasteiger partial charge is 0.323 e. The van der Waals surface area contributed by atoms with Crippen LogP contribution in [0, 0.1) is 48.1 Å². The first-order valence-electron chi connectivity index (χ1n) is 18.5. The van der Waals surface area contributed by atoms with Gasteiger partial charge in [0.1, 0.15) is 29.2 Å². The Kier molecular flexibility index (Phi) is 13.8. The molecule has 0 saturated heterocycles. The molecule has 0 bridgehead atoms. The Hall–Kier alpha value is -6.24. The van der Waals surface area contributed by atoms with E-state index in [1.165, 1.54) is 35.4 Å². The maximum atomic E-state index is 14.1. The number of aliphatic carboxylic acids is 1. The van der Waals surface area contributed by atoms with Crippen molar-refractivity contribution in [3.63, 3.8) is 0 Å². The molecule has 3 N–H and O–H groups in total. The molecule has 2 atom stereocenters. The van der Waals surface area contributed by atoms with Crippen LogP contribution in [0.2, 0.25) is 0 Å². The van der Waals surface area contributed by atoms with Crippen molar-refractivity contribution in [3.05, 3.63) is 130 Å². The molecule has 0 fully saturated rings. The molecule has 6 rings (SSSR count). The third-order valence-corrected chi connectivity index (χ3v) is 9.93. The lowest BCUT2D eigenvalue weighted by molar-refractivity contribution is -0.137. The van der Waals surface area contributed by atoms with Crippen LogP contribution in [0.4, 0.5) is 8.78 Å². The van der Waals surface area contributed by atoms with Crippen LogP contribution in [0.15, 0.2) is 85.5 Å². The van der Waals surface area contributed by atoms with Crippen LogP contribution in [0.25, 0.3) is 22.1 Å². The average molecular weight is 774 g/mol. The van der Waals surface area contributed by atoms with E-state index in [4.69, 9.17) is 16.1 Å². The number of ketones is 1. The van der Waals surface area contributed by atoms with E-state index in [1.54, 1.807) is 22.8 Å². The van der Waals surface area contributed by atoms with Crippen LogP contribution < -0.4 is 5.73 Å². The fraction of sp³-hybridized carbons (Fsp3) is 0.333. The molecule has 0 spiro atoms. The van der Waals surface area contributed by atoms with Gasteiger partial charge in [-0.15, -0.1) is 0 Å². The van der Waals surface area contributed by atoms with E-state index in [1.807, 2.05) is 85.7 Å². The van der Waals surface area contributed by atoms with Gasteiger partial charge >= 0.3 is 5.97 Å². The largest absolute Gasteiger partial charge is 0.480 e. The first-order chi connectivity index (χ1) is 26.8. The highest BCUT2D eigenvalue weighted by atomic mass is 19.1. The molecule has 2 unspecified atom stereocenters. The van der Waals surface area contributed by atoms with Crippen molar-refractivity contribution >= 4 is 33.8 Å². The van der Waals surface area contributed by atoms with Gasteiger partial charge in [-0.25, -0.2) is 18.7 Å². The van der Waals surface area contributed by atoms with Gasteiger partial charge in [0.25, 0.3) is 0 Å². The maximum absolute atomic E-state index is 14.1. The monoisotopic (exact) mass is 773 g/mol. The molecule has 4 aromatic carbocycles. The van der Waals surface area contributed by atoms with Gasteiger partial charge in [0.15, 0.2) is 5.78 Å². The van der Waals surface area contributed by atoms with E-state index >= 15 is 0 Å². The van der Waals surface area contributed by atoms with Crippen molar-refractivity contribution in [1.82, 2.24) is 19.1 Å². The first kappa shape index (κ1) is 43.5. The summed E-state index contributed by atoms with van der Waals surface area (Å²) in [5, 5.41) is 26.9. The van der Waals surface area contributed by atoms with Crippen LogP contribution in [0.5, 0.6) is 0 Å². The predicted molar refractivity (Wildman–Crippen MR) is 217 cm³/mol. The normalized spacial score (nSPS) is 12.4. The lowest BCUT2D eigenvalue weighted by atomic mass is 9.82. The number of halogens is 2. The molecule has 2 aromatic heterocycles. The Morgan fingerprint density at radius 1 is 0.754 bits per heavy atom. The van der Waals surface area contributed by atoms with Gasteiger partial charge in [-0.2, -0.15) is 10.5 Å². The molecular formula is C45H49F2N7O3. The Balaban J connectivity index is 0.000000209. The van der Waals surface area contributed by atoms with Crippen LogP contribution in [0.3, 0.4) is 0 Å². The van der Waals surface area contributed by atoms with Crippen molar-refractivity contribution in [2.75, 3.05) is 0 Å². The van der Waals surface area contributed by atoms with Gasteiger partial charge in [-0.05, 0) is 112 Å². The molecule has 12 heteroatoms. The maximum Gasteiger partial charge on any atom is 0.323 e. The minimum atomic E-state index is -1.02. The lowest BCUT2D eigenvalue weighted by Gasteiger charge is -2.20. The number of hydrogen-bond acceptors (Lipinski definition) is 7. The summed E-state index contributed by atoms with van der Waals surface area (Å²) in [5.41, 5.74) is 13.0. The minimum Gasteiger partial charge on any atom is -0.480 e. The van der Waals surface area contributed by atoms with Gasteiger partial charge in [0.2, 0.25) is 0 Å². The molecule has 0 radical (unpaired) electrons. The van der Waals surface area contributed by atoms with Crippen molar-refractivity contribution in [2.24, 2.45) is 5.73 Å². The lowest BCUT2D eigenvalue weighted by Crippen LogP contribution is -2.15. The Bertz CT molecular complexity index is 2480. The Morgan fingerprint density at radius 3 is 1.60 bits per heavy atom. The van der Waals surface area contributed by atoms with E-state index in [2.05, 4.69) is 28.2 Å². The summed E-state index contributed by atoms with van der Waals surface area (Å²) < 4.78 is 30.2. The topological polar surface area (TPSA) is 164 Å². The SMILES string of the molecule is Cc1cc(C(C)(C)C#N)ccc1C(C)CC(=O)Cn1cnc2cccc(F)c21.Cc1cc(C(C)(C)C#N)ccc1C(C)N.O=C(O)Cn1cnc2cccc(F)c21. The van der Waals surface area contributed by atoms with Crippen LogP contribution >= 0.6 is 0 Å². The molecule has 296 valence electrons. The van der Waals surface area contributed by atoms with E-state index in [9.17, 15) is 23.6 Å². The summed E-state index contributed by atoms with van der Waals surface area (Å²) >= 11 is 0. The van der Waals surface area contributed by atoms with Crippen LogP contribution in [0.1, 0.15) is 93.3 Å². The molecular weight excluding hydrogens is 725 g/mol. The second-order valence-corrected chi connectivity index (χ2v) is 15.4. The number of nitrogens with zero attached hydrogens (tertiary/aromatic N) is 6. The fourth-order valence-corrected chi connectivity index (χ4v) is 6.58. The number of aryl methyl sites for hydroxylation is 2. The van der Waals surface area contributed by atoms with Crippen LogP contribution in [-0.4, -0.2) is 36.0 Å². The number of para-hydroxylation sites is 2. The molecule has 6 aromatic rings. The minimum absolute atomic E-state index is 0.0240. The zero-order valence-corrected chi connectivity index (χ0v) is 33.6. The number of hydrogen-bond donors (Lipinski definition) is 2. The quantitative estimate of drug-likeness (QED) is 0.139. The van der Waals surface area contributed by atoms with Crippen molar-refractivity contribution in [2.45, 2.75) is 97.7 Å². The summed E-state index contributed by atoms with van der Waals surface area (Å²) in [5.74, 6) is -1.79. The van der Waals surface area contributed by atoms with Gasteiger partial charge in [0, 0.05) is 12.5 Å². The number of rotatable bonds is 10. The zero-order valence-electron chi connectivity index (χ0n) is 33.6. The summed E-state index contributed by atoms with van der Waals surface area (Å²) in [6, 6.07) is 25.9. The molecule has 0 aliphatic rings. The highest BCUT2D eigenvalue weighted by Gasteiger charge is 2.23. The van der Waals surface area contributed by atoms with E-state index < -0.39 is 22.6 Å². The summed E-state index contributed by atoms with van der Waals surface area (Å²) in [7, 11) is 0. The number of carbonyl (C=O) groups is 2. The summed E-state index contributed by atoms with van der Waals surface area (Å²) in [6.07, 6.45) is 3.19. The van der Waals surface area contributed by atoms with Crippen molar-refractivity contribution < 1.29 is 23.5 Å². The summed E-state index contributed by atoms with van der Waals surface area (Å²) in [6.45, 7) is 15.5. The van der Waals surface area contributed by atoms with Gasteiger partial charge < -0.3 is 20.0 Å². The van der Waals surface area contributed by atoms with E-state index in [-0.39, 0.29) is 42.2 Å². The number of Topliss-reactive ketones (excluding diaryl/α,β-unsaturated/α-hetero) is 1. The molecule has 2 heterocycles. The Labute approximate surface area is 332 Å². The number of imidazole rings is 2. The number of fused-ring (bicyclic) bond motifs is 2. The molecule has 0 aliphatic carbocycles. The number of carboxylic acid groups (broad SMARTS) is 1. The van der Waals surface area contributed by atoms with Crippen molar-refractivity contribution in [3.8, 4) is 12.1 Å². The van der Waals surface area contributed by atoms with Crippen molar-refractivity contribution in [1.29, 1.82) is 10.5 Å². The third-order valence-electron chi connectivity index (χ3n) is 9.93. The molecule has 0 amide bonds. The van der Waals surface area contributed by atoms with E-state index in [0.29, 0.717) is 23.0 Å². The molecule has 57 heavy (non-hydrogen) atoms. The fourth-order valence-electron chi connectivity index (χ4n) is 6.58. The van der Waals surface area contributed by atoms with Gasteiger partial charge in [-0.3, -0.25) is 9.59 Å². The molecule has 0 saturated carbocycles. The highest BCUT2D eigenvalue weighted by molar-refractivity contribution is 5.83. The third kappa shape index (κ3) is 10.5. The second kappa shape index (κ2) is 18.1. The zero-order chi connectivity index (χ0) is 42.2. The van der Waals surface area contributed by atoms with Gasteiger partial charge in [-0.1, -0.05) is 55.5 Å². The second-order valence-electron chi connectivity index (χ2n) is 15.4. The number of aromatic nitrogens is 4. The number of nitrogens with two attached hydrogens (primary N) is 1. The molecule has 10 nitrogen and oxygen atoms in total. The number of nitriles is 2. The first-order valence-corrected chi connectivity index (χ1v) is 18.5. The standard InChI is InChI=1S/C23H24FN3O.C13H18N2.C9H7FN2O2/c1-15-10-17(23(3,4)13-25)8-9-19(15)16(2)11-18(28)12-27-14-26-21-7-5-6-20(24)22(21)27;1-9-7-11(13(3,4)8-14)5-6-12(9)10(2)15;10-6-2-1-3-7-9(6)12(5-11-7)4-8(13)14/h5-10,14,16H,11-12H2,1-4H3;5-7,10H,15H2,1-4H3;1-3,5H,4H2,(H,13,14). The number of carbonyl (C=O) groups excluding carboxylic acids is 1. The predicted octanol–water partition coefficient (Wildman–Crippen LogP) is 9.12. The highest BCUT2D eigenvalue weighted by Crippen LogP contribution is 2.30. The van der Waals surface area contributed by atoms with Crippen LogP contribution in [-0.2, 0) is 33.5 Å². The molecule has 0 aliphatic heterocycles. The summed E-state index contributed by atoms with van der Waals surface area (Å²) in [4.78, 5) is 31.1. The average Bonchev–Trinajstić information content (AvgIpc) is 3.76. The van der Waals surface area contributed by atoms with E-state index in [0.717, 1.165) is 33.4 Å².